The molecule has 0 bridgehead atoms. The van der Waals surface area contributed by atoms with Gasteiger partial charge in [-0.15, -0.1) is 0 Å². The number of aromatic nitrogens is 1. The number of ketones is 1. The molecule has 0 amide bonds. The Morgan fingerprint density at radius 2 is 2.20 bits per heavy atom. The molecule has 0 aromatic carbocycles. The minimum absolute atomic E-state index is 0.00129. The van der Waals surface area contributed by atoms with Crippen LogP contribution in [-0.2, 0) is 0 Å². The maximum Gasteiger partial charge on any atom is 0.187 e. The van der Waals surface area contributed by atoms with Gasteiger partial charge in [0.05, 0.1) is 0 Å². The molecule has 0 saturated heterocycles. The molecule has 80 valence electrons. The van der Waals surface area contributed by atoms with Gasteiger partial charge < -0.3 is 5.32 Å². The van der Waals surface area contributed by atoms with E-state index in [9.17, 15) is 4.79 Å². The monoisotopic (exact) mass is 204 g/mol. The summed E-state index contributed by atoms with van der Waals surface area (Å²) < 4.78 is 0. The predicted octanol–water partition coefficient (Wildman–Crippen LogP) is 2.17. The van der Waals surface area contributed by atoms with Crippen LogP contribution < -0.4 is 5.32 Å². The van der Waals surface area contributed by atoms with Crippen LogP contribution in [0.2, 0.25) is 0 Å². The van der Waals surface area contributed by atoms with E-state index in [4.69, 9.17) is 0 Å². The molecular weight excluding hydrogens is 188 g/mol. The van der Waals surface area contributed by atoms with Crippen LogP contribution in [0, 0.1) is 0 Å². The van der Waals surface area contributed by atoms with E-state index in [0.717, 1.165) is 19.4 Å². The largest absolute Gasteiger partial charge is 0.391 e. The Balaban J connectivity index is 2.36. The fourth-order valence-corrected chi connectivity index (χ4v) is 1.11. The van der Waals surface area contributed by atoms with Crippen LogP contribution in [0.4, 0.5) is 0 Å². The molecule has 0 unspecified atom stereocenters. The number of allylic oxidation sites excluding steroid dienone is 1. The van der Waals surface area contributed by atoms with Crippen LogP contribution in [-0.4, -0.2) is 17.3 Å². The molecule has 3 heteroatoms. The maximum absolute atomic E-state index is 11.5. The van der Waals surface area contributed by atoms with Crippen molar-refractivity contribution in [2.75, 3.05) is 6.54 Å². The molecule has 0 radical (unpaired) electrons. The zero-order valence-electron chi connectivity index (χ0n) is 8.94. The first-order valence-electron chi connectivity index (χ1n) is 5.19. The van der Waals surface area contributed by atoms with Gasteiger partial charge in [0.1, 0.15) is 0 Å². The Labute approximate surface area is 90.2 Å². The summed E-state index contributed by atoms with van der Waals surface area (Å²) in [6, 6.07) is 3.41. The van der Waals surface area contributed by atoms with Gasteiger partial charge in [-0.1, -0.05) is 13.3 Å². The molecule has 0 fully saturated rings. The molecule has 1 rings (SSSR count). The lowest BCUT2D eigenvalue weighted by Gasteiger charge is -1.97. The van der Waals surface area contributed by atoms with Crippen molar-refractivity contribution in [1.82, 2.24) is 10.3 Å². The van der Waals surface area contributed by atoms with Crippen LogP contribution in [0.25, 0.3) is 0 Å². The third-order valence-corrected chi connectivity index (χ3v) is 1.99. The molecule has 1 N–H and O–H groups in total. The number of rotatable bonds is 6. The summed E-state index contributed by atoms with van der Waals surface area (Å²) in [7, 11) is 0. The molecule has 0 aliphatic carbocycles. The number of nitrogens with zero attached hydrogens (tertiary/aromatic N) is 1. The van der Waals surface area contributed by atoms with E-state index in [1.165, 1.54) is 0 Å². The second-order valence-electron chi connectivity index (χ2n) is 3.24. The highest BCUT2D eigenvalue weighted by molar-refractivity contribution is 6.04. The van der Waals surface area contributed by atoms with Crippen molar-refractivity contribution in [3.05, 3.63) is 42.4 Å². The van der Waals surface area contributed by atoms with Crippen LogP contribution >= 0.6 is 0 Å². The van der Waals surface area contributed by atoms with Crippen molar-refractivity contribution in [3.63, 3.8) is 0 Å². The number of unbranched alkanes of at least 4 members (excludes halogenated alkanes) is 1. The number of hydrogen-bond acceptors (Lipinski definition) is 3. The molecule has 3 nitrogen and oxygen atoms in total. The molecule has 1 aromatic heterocycles. The molecule has 0 saturated carbocycles. The number of hydrogen-bond donors (Lipinski definition) is 1. The molecule has 0 spiro atoms. The van der Waals surface area contributed by atoms with Gasteiger partial charge in [0.25, 0.3) is 0 Å². The molecular formula is C12H16N2O. The second-order valence-corrected chi connectivity index (χ2v) is 3.24. The van der Waals surface area contributed by atoms with Crippen molar-refractivity contribution < 1.29 is 4.79 Å². The first kappa shape index (κ1) is 11.4. The van der Waals surface area contributed by atoms with Crippen LogP contribution in [0.1, 0.15) is 30.1 Å². The van der Waals surface area contributed by atoms with Gasteiger partial charge in [0.15, 0.2) is 5.78 Å². The average Bonchev–Trinajstić information content (AvgIpc) is 2.30. The SMILES string of the molecule is CCCCN/C=C\C(=O)c1ccncc1. The minimum atomic E-state index is 0.00129. The number of carbonyl (C=O) groups is 1. The summed E-state index contributed by atoms with van der Waals surface area (Å²) in [5.41, 5.74) is 0.665. The quantitative estimate of drug-likeness (QED) is 0.438. The molecule has 0 aliphatic rings. The van der Waals surface area contributed by atoms with Crippen molar-refractivity contribution >= 4 is 5.78 Å². The molecule has 15 heavy (non-hydrogen) atoms. The lowest BCUT2D eigenvalue weighted by Crippen LogP contribution is -2.07. The Hall–Kier alpha value is -1.64. The first-order chi connectivity index (χ1) is 7.34. The molecule has 0 aliphatic heterocycles. The van der Waals surface area contributed by atoms with Gasteiger partial charge in [-0.05, 0) is 18.6 Å². The van der Waals surface area contributed by atoms with Crippen LogP contribution in [0.15, 0.2) is 36.8 Å². The molecule has 0 atom stereocenters. The highest BCUT2D eigenvalue weighted by atomic mass is 16.1. The minimum Gasteiger partial charge on any atom is -0.391 e. The molecule has 1 heterocycles. The summed E-state index contributed by atoms with van der Waals surface area (Å²) in [4.78, 5) is 15.4. The van der Waals surface area contributed by atoms with E-state index < -0.39 is 0 Å². The Bertz CT molecular complexity index is 320. The second kappa shape index (κ2) is 6.76. The van der Waals surface area contributed by atoms with E-state index >= 15 is 0 Å². The van der Waals surface area contributed by atoms with Gasteiger partial charge in [0.2, 0.25) is 0 Å². The van der Waals surface area contributed by atoms with Gasteiger partial charge in [-0.25, -0.2) is 0 Å². The topological polar surface area (TPSA) is 42.0 Å². The standard InChI is InChI=1S/C12H16N2O/c1-2-3-7-13-10-6-12(15)11-4-8-14-9-5-11/h4-6,8-10,13H,2-3,7H2,1H3/b10-6-. The number of pyridine rings is 1. The van der Waals surface area contributed by atoms with Crippen LogP contribution in [0.3, 0.4) is 0 Å². The first-order valence-corrected chi connectivity index (χ1v) is 5.19. The Kier molecular flexibility index (Phi) is 5.15. The highest BCUT2D eigenvalue weighted by Crippen LogP contribution is 1.98. The van der Waals surface area contributed by atoms with Gasteiger partial charge in [-0.2, -0.15) is 0 Å². The highest BCUT2D eigenvalue weighted by Gasteiger charge is 1.98. The summed E-state index contributed by atoms with van der Waals surface area (Å²) in [5, 5.41) is 3.07. The van der Waals surface area contributed by atoms with Gasteiger partial charge >= 0.3 is 0 Å². The lowest BCUT2D eigenvalue weighted by molar-refractivity contribution is 0.104. The smallest absolute Gasteiger partial charge is 0.187 e. The van der Waals surface area contributed by atoms with E-state index in [-0.39, 0.29) is 5.78 Å². The maximum atomic E-state index is 11.5. The van der Waals surface area contributed by atoms with Crippen molar-refractivity contribution in [2.24, 2.45) is 0 Å². The predicted molar refractivity (Wildman–Crippen MR) is 60.6 cm³/mol. The molecule has 1 aromatic rings. The Morgan fingerprint density at radius 1 is 1.47 bits per heavy atom. The third kappa shape index (κ3) is 4.40. The zero-order valence-corrected chi connectivity index (χ0v) is 8.94. The average molecular weight is 204 g/mol. The lowest BCUT2D eigenvalue weighted by atomic mass is 10.2. The van der Waals surface area contributed by atoms with Crippen molar-refractivity contribution in [1.29, 1.82) is 0 Å². The number of nitrogens with one attached hydrogen (secondary N) is 1. The number of carbonyl (C=O) groups excluding carboxylic acids is 1. The van der Waals surface area contributed by atoms with E-state index in [1.54, 1.807) is 36.8 Å². The summed E-state index contributed by atoms with van der Waals surface area (Å²) >= 11 is 0. The van der Waals surface area contributed by atoms with Crippen molar-refractivity contribution in [3.8, 4) is 0 Å². The van der Waals surface area contributed by atoms with Gasteiger partial charge in [-0.3, -0.25) is 9.78 Å². The fraction of sp³-hybridized carbons (Fsp3) is 0.333. The van der Waals surface area contributed by atoms with Crippen molar-refractivity contribution in [2.45, 2.75) is 19.8 Å². The third-order valence-electron chi connectivity index (χ3n) is 1.99. The summed E-state index contributed by atoms with van der Waals surface area (Å²) in [5.74, 6) is 0.00129. The van der Waals surface area contributed by atoms with E-state index in [0.29, 0.717) is 5.56 Å². The summed E-state index contributed by atoms with van der Waals surface area (Å²) in [6.07, 6.45) is 8.76. The van der Waals surface area contributed by atoms with Crippen LogP contribution in [0.5, 0.6) is 0 Å². The Morgan fingerprint density at radius 3 is 2.87 bits per heavy atom. The summed E-state index contributed by atoms with van der Waals surface area (Å²) in [6.45, 7) is 3.05. The zero-order chi connectivity index (χ0) is 10.9. The fourth-order valence-electron chi connectivity index (χ4n) is 1.11. The van der Waals surface area contributed by atoms with E-state index in [1.807, 2.05) is 0 Å². The van der Waals surface area contributed by atoms with Gasteiger partial charge in [0, 0.05) is 36.8 Å². The van der Waals surface area contributed by atoms with E-state index in [2.05, 4.69) is 17.2 Å². The normalized spacial score (nSPS) is 10.5.